The molecule has 0 fully saturated rings. The SMILES string of the molecule is CC(=O)SC(CN)C(=O)O. The van der Waals surface area contributed by atoms with E-state index in [4.69, 9.17) is 10.8 Å². The highest BCUT2D eigenvalue weighted by Crippen LogP contribution is 2.09. The molecule has 0 aromatic heterocycles. The van der Waals surface area contributed by atoms with Crippen molar-refractivity contribution in [1.82, 2.24) is 0 Å². The maximum absolute atomic E-state index is 10.4. The summed E-state index contributed by atoms with van der Waals surface area (Å²) in [5.74, 6) is -1.04. The summed E-state index contributed by atoms with van der Waals surface area (Å²) in [6.07, 6.45) is 0. The van der Waals surface area contributed by atoms with Crippen molar-refractivity contribution in [2.75, 3.05) is 6.54 Å². The predicted molar refractivity (Wildman–Crippen MR) is 38.8 cm³/mol. The van der Waals surface area contributed by atoms with Gasteiger partial charge < -0.3 is 10.8 Å². The Morgan fingerprint density at radius 3 is 2.30 bits per heavy atom. The molecule has 1 atom stereocenters. The van der Waals surface area contributed by atoms with Crippen LogP contribution in [-0.4, -0.2) is 28.0 Å². The second-order valence-corrected chi connectivity index (χ2v) is 3.05. The maximum Gasteiger partial charge on any atom is 0.318 e. The summed E-state index contributed by atoms with van der Waals surface area (Å²) in [4.78, 5) is 20.6. The lowest BCUT2D eigenvalue weighted by Crippen LogP contribution is -2.26. The molecule has 58 valence electrons. The Labute approximate surface area is 62.8 Å². The topological polar surface area (TPSA) is 80.4 Å². The molecule has 4 nitrogen and oxygen atoms in total. The van der Waals surface area contributed by atoms with Crippen molar-refractivity contribution >= 4 is 22.8 Å². The lowest BCUT2D eigenvalue weighted by Gasteiger charge is -2.04. The van der Waals surface area contributed by atoms with E-state index in [0.717, 1.165) is 11.8 Å². The number of carbonyl (C=O) groups excluding carboxylic acids is 1. The van der Waals surface area contributed by atoms with Gasteiger partial charge in [-0.1, -0.05) is 11.8 Å². The molecule has 0 amide bonds. The molecule has 0 heterocycles. The van der Waals surface area contributed by atoms with E-state index < -0.39 is 11.2 Å². The van der Waals surface area contributed by atoms with Crippen molar-refractivity contribution in [2.24, 2.45) is 5.73 Å². The summed E-state index contributed by atoms with van der Waals surface area (Å²) in [6, 6.07) is 0. The zero-order valence-electron chi connectivity index (χ0n) is 5.53. The van der Waals surface area contributed by atoms with Crippen molar-refractivity contribution in [1.29, 1.82) is 0 Å². The fourth-order valence-corrected chi connectivity index (χ4v) is 0.997. The molecule has 3 N–H and O–H groups in total. The van der Waals surface area contributed by atoms with Crippen LogP contribution in [0.3, 0.4) is 0 Å². The smallest absolute Gasteiger partial charge is 0.318 e. The number of hydrogen-bond acceptors (Lipinski definition) is 4. The average Bonchev–Trinajstić information content (AvgIpc) is 1.81. The fraction of sp³-hybridized carbons (Fsp3) is 0.600. The normalized spacial score (nSPS) is 12.6. The molecular formula is C5H9NO3S. The third kappa shape index (κ3) is 3.47. The van der Waals surface area contributed by atoms with E-state index in [0.29, 0.717) is 0 Å². The Hall–Kier alpha value is -0.550. The summed E-state index contributed by atoms with van der Waals surface area (Å²) in [7, 11) is 0. The molecule has 0 bridgehead atoms. The largest absolute Gasteiger partial charge is 0.480 e. The van der Waals surface area contributed by atoms with Gasteiger partial charge in [0.2, 0.25) is 0 Å². The molecule has 0 saturated heterocycles. The first-order valence-corrected chi connectivity index (χ1v) is 3.56. The molecular weight excluding hydrogens is 154 g/mol. The van der Waals surface area contributed by atoms with E-state index in [-0.39, 0.29) is 11.7 Å². The second kappa shape index (κ2) is 4.29. The number of aliphatic carboxylic acids is 1. The third-order valence-corrected chi connectivity index (χ3v) is 1.81. The van der Waals surface area contributed by atoms with Gasteiger partial charge in [0, 0.05) is 13.5 Å². The van der Waals surface area contributed by atoms with Crippen LogP contribution in [0.5, 0.6) is 0 Å². The van der Waals surface area contributed by atoms with Crippen molar-refractivity contribution < 1.29 is 14.7 Å². The van der Waals surface area contributed by atoms with Crippen LogP contribution in [0.1, 0.15) is 6.92 Å². The van der Waals surface area contributed by atoms with Crippen LogP contribution < -0.4 is 5.73 Å². The Bertz CT molecular complexity index is 148. The zero-order valence-corrected chi connectivity index (χ0v) is 6.35. The lowest BCUT2D eigenvalue weighted by molar-refractivity contribution is -0.136. The molecule has 0 radical (unpaired) electrons. The number of carbonyl (C=O) groups is 2. The molecule has 0 aliphatic rings. The van der Waals surface area contributed by atoms with Crippen molar-refractivity contribution in [2.45, 2.75) is 12.2 Å². The van der Waals surface area contributed by atoms with Crippen LogP contribution in [0.25, 0.3) is 0 Å². The quantitative estimate of drug-likeness (QED) is 0.596. The lowest BCUT2D eigenvalue weighted by atomic mass is 10.4. The van der Waals surface area contributed by atoms with E-state index in [1.807, 2.05) is 0 Å². The highest BCUT2D eigenvalue weighted by atomic mass is 32.2. The molecule has 0 saturated carbocycles. The van der Waals surface area contributed by atoms with Crippen LogP contribution >= 0.6 is 11.8 Å². The van der Waals surface area contributed by atoms with E-state index in [1.165, 1.54) is 6.92 Å². The van der Waals surface area contributed by atoms with Crippen LogP contribution in [0.2, 0.25) is 0 Å². The standard InChI is InChI=1S/C5H9NO3S/c1-3(7)10-4(2-6)5(8)9/h4H,2,6H2,1H3,(H,8,9). The fourth-order valence-electron chi connectivity index (χ4n) is 0.400. The number of hydrogen-bond donors (Lipinski definition) is 2. The molecule has 0 spiro atoms. The zero-order chi connectivity index (χ0) is 8.15. The Balaban J connectivity index is 3.83. The number of thioether (sulfide) groups is 1. The molecule has 1 unspecified atom stereocenters. The van der Waals surface area contributed by atoms with Crippen LogP contribution in [0.15, 0.2) is 0 Å². The summed E-state index contributed by atoms with van der Waals surface area (Å²) in [6.45, 7) is 1.30. The average molecular weight is 163 g/mol. The summed E-state index contributed by atoms with van der Waals surface area (Å²) < 4.78 is 0. The summed E-state index contributed by atoms with van der Waals surface area (Å²) >= 11 is 0.744. The second-order valence-electron chi connectivity index (χ2n) is 1.67. The molecule has 0 aromatic rings. The van der Waals surface area contributed by atoms with Crippen molar-refractivity contribution in [3.63, 3.8) is 0 Å². The van der Waals surface area contributed by atoms with Gasteiger partial charge in [-0.2, -0.15) is 0 Å². The molecule has 0 aliphatic heterocycles. The van der Waals surface area contributed by atoms with Gasteiger partial charge >= 0.3 is 5.97 Å². The number of carboxylic acid groups (broad SMARTS) is 1. The highest BCUT2D eigenvalue weighted by molar-refractivity contribution is 8.14. The summed E-state index contributed by atoms with van der Waals surface area (Å²) in [5, 5.41) is 7.35. The van der Waals surface area contributed by atoms with Crippen LogP contribution in [0.4, 0.5) is 0 Å². The molecule has 0 aliphatic carbocycles. The van der Waals surface area contributed by atoms with Gasteiger partial charge in [0.15, 0.2) is 5.12 Å². The van der Waals surface area contributed by atoms with Gasteiger partial charge in [0.25, 0.3) is 0 Å². The van der Waals surface area contributed by atoms with Gasteiger partial charge in [-0.25, -0.2) is 0 Å². The minimum atomic E-state index is -1.04. The van der Waals surface area contributed by atoms with Crippen LogP contribution in [-0.2, 0) is 9.59 Å². The Morgan fingerprint density at radius 1 is 1.70 bits per heavy atom. The van der Waals surface area contributed by atoms with Crippen LogP contribution in [0, 0.1) is 0 Å². The van der Waals surface area contributed by atoms with E-state index in [2.05, 4.69) is 0 Å². The van der Waals surface area contributed by atoms with Gasteiger partial charge in [-0.3, -0.25) is 9.59 Å². The molecule has 0 aromatic carbocycles. The van der Waals surface area contributed by atoms with Gasteiger partial charge in [0.1, 0.15) is 5.25 Å². The van der Waals surface area contributed by atoms with Crippen molar-refractivity contribution in [3.05, 3.63) is 0 Å². The van der Waals surface area contributed by atoms with Gasteiger partial charge in [-0.05, 0) is 0 Å². The highest BCUT2D eigenvalue weighted by Gasteiger charge is 2.17. The van der Waals surface area contributed by atoms with Crippen molar-refractivity contribution in [3.8, 4) is 0 Å². The maximum atomic E-state index is 10.4. The minimum Gasteiger partial charge on any atom is -0.480 e. The van der Waals surface area contributed by atoms with E-state index in [1.54, 1.807) is 0 Å². The monoisotopic (exact) mass is 163 g/mol. The van der Waals surface area contributed by atoms with E-state index in [9.17, 15) is 9.59 Å². The first kappa shape index (κ1) is 9.45. The molecule has 5 heteroatoms. The van der Waals surface area contributed by atoms with E-state index >= 15 is 0 Å². The number of nitrogens with two attached hydrogens (primary N) is 1. The summed E-state index contributed by atoms with van der Waals surface area (Å²) in [5.41, 5.74) is 5.07. The Kier molecular flexibility index (Phi) is 4.06. The number of carboxylic acids is 1. The molecule has 0 rings (SSSR count). The Morgan fingerprint density at radius 2 is 2.20 bits per heavy atom. The van der Waals surface area contributed by atoms with Gasteiger partial charge in [-0.15, -0.1) is 0 Å². The van der Waals surface area contributed by atoms with Gasteiger partial charge in [0.05, 0.1) is 0 Å². The third-order valence-electron chi connectivity index (χ3n) is 0.798. The first-order valence-electron chi connectivity index (χ1n) is 2.68. The molecule has 10 heavy (non-hydrogen) atoms. The first-order chi connectivity index (χ1) is 4.57. The number of rotatable bonds is 3. The predicted octanol–water partition coefficient (Wildman–Crippen LogP) is -0.322. The minimum absolute atomic E-state index is 0.0143.